The average Bonchev–Trinajstić information content (AvgIpc) is 3.21. The van der Waals surface area contributed by atoms with Crippen LogP contribution >= 0.6 is 23.1 Å². The number of thioether (sulfide) groups is 1. The van der Waals surface area contributed by atoms with Gasteiger partial charge in [0, 0.05) is 17.9 Å². The Kier molecular flexibility index (Phi) is 6.67. The molecule has 0 aliphatic heterocycles. The van der Waals surface area contributed by atoms with Crippen LogP contribution in [-0.2, 0) is 12.2 Å². The van der Waals surface area contributed by atoms with Gasteiger partial charge in [0.25, 0.3) is 5.91 Å². The highest BCUT2D eigenvalue weighted by molar-refractivity contribution is 8.00. The summed E-state index contributed by atoms with van der Waals surface area (Å²) in [5, 5.41) is 2.98. The van der Waals surface area contributed by atoms with Gasteiger partial charge in [-0.05, 0) is 53.9 Å². The fraction of sp³-hybridized carbons (Fsp3) is 0.167. The van der Waals surface area contributed by atoms with E-state index in [9.17, 15) is 4.79 Å². The topological polar surface area (TPSA) is 51.2 Å². The number of rotatable bonds is 8. The molecular formula is C24H22N2O2S2. The van der Waals surface area contributed by atoms with E-state index in [0.29, 0.717) is 12.1 Å². The minimum absolute atomic E-state index is 0.0473. The number of benzene rings is 3. The number of amides is 1. The molecule has 0 atom stereocenters. The molecule has 0 saturated carbocycles. The molecule has 4 nitrogen and oxygen atoms in total. The highest BCUT2D eigenvalue weighted by Crippen LogP contribution is 2.31. The maximum absolute atomic E-state index is 12.4. The van der Waals surface area contributed by atoms with Gasteiger partial charge in [-0.3, -0.25) is 4.79 Å². The molecule has 0 unspecified atom stereocenters. The number of nitrogens with zero attached hydrogens (tertiary/aromatic N) is 1. The number of carbonyl (C=O) groups excluding carboxylic acids is 1. The minimum atomic E-state index is -0.0473. The van der Waals surface area contributed by atoms with Crippen LogP contribution in [0.4, 0.5) is 0 Å². The standard InChI is InChI=1S/C24H22N2O2S2/c1-28-20-12-8-17(9-13-20)14-15-25-23(27)19-10-6-18(7-11-19)16-29-24-26-21-4-2-3-5-22(21)30-24/h2-13H,14-16H2,1H3,(H,25,27). The summed E-state index contributed by atoms with van der Waals surface area (Å²) in [7, 11) is 1.65. The number of para-hydroxylation sites is 1. The van der Waals surface area contributed by atoms with Crippen LogP contribution in [0.2, 0.25) is 0 Å². The van der Waals surface area contributed by atoms with E-state index in [4.69, 9.17) is 4.74 Å². The molecule has 0 spiro atoms. The normalized spacial score (nSPS) is 10.8. The Morgan fingerprint density at radius 2 is 1.73 bits per heavy atom. The van der Waals surface area contributed by atoms with E-state index in [2.05, 4.69) is 16.4 Å². The van der Waals surface area contributed by atoms with Crippen molar-refractivity contribution in [3.8, 4) is 5.75 Å². The summed E-state index contributed by atoms with van der Waals surface area (Å²) in [4.78, 5) is 17.0. The van der Waals surface area contributed by atoms with Gasteiger partial charge in [-0.15, -0.1) is 11.3 Å². The summed E-state index contributed by atoms with van der Waals surface area (Å²) >= 11 is 3.44. The number of ether oxygens (including phenoxy) is 1. The van der Waals surface area contributed by atoms with Gasteiger partial charge >= 0.3 is 0 Å². The molecule has 6 heteroatoms. The zero-order valence-electron chi connectivity index (χ0n) is 16.6. The third-order valence-corrected chi connectivity index (χ3v) is 6.96. The predicted molar refractivity (Wildman–Crippen MR) is 125 cm³/mol. The van der Waals surface area contributed by atoms with Gasteiger partial charge in [0.15, 0.2) is 4.34 Å². The summed E-state index contributed by atoms with van der Waals surface area (Å²) < 4.78 is 7.44. The van der Waals surface area contributed by atoms with Crippen molar-refractivity contribution in [3.05, 3.63) is 89.5 Å². The molecule has 152 valence electrons. The molecule has 4 aromatic rings. The van der Waals surface area contributed by atoms with Crippen LogP contribution in [0.5, 0.6) is 5.75 Å². The molecular weight excluding hydrogens is 412 g/mol. The van der Waals surface area contributed by atoms with E-state index in [1.54, 1.807) is 30.2 Å². The molecule has 1 aromatic heterocycles. The van der Waals surface area contributed by atoms with Crippen LogP contribution in [0.1, 0.15) is 21.5 Å². The Morgan fingerprint density at radius 1 is 1.00 bits per heavy atom. The van der Waals surface area contributed by atoms with Gasteiger partial charge in [-0.2, -0.15) is 0 Å². The number of hydrogen-bond donors (Lipinski definition) is 1. The Bertz CT molecular complexity index is 1090. The number of nitrogens with one attached hydrogen (secondary N) is 1. The van der Waals surface area contributed by atoms with Crippen molar-refractivity contribution in [1.82, 2.24) is 10.3 Å². The van der Waals surface area contributed by atoms with Crippen molar-refractivity contribution >= 4 is 39.2 Å². The van der Waals surface area contributed by atoms with Crippen molar-refractivity contribution in [1.29, 1.82) is 0 Å². The second-order valence-electron chi connectivity index (χ2n) is 6.79. The predicted octanol–water partition coefficient (Wildman–Crippen LogP) is 5.57. The summed E-state index contributed by atoms with van der Waals surface area (Å²) in [6.45, 7) is 0.598. The molecule has 0 fully saturated rings. The molecule has 4 rings (SSSR count). The van der Waals surface area contributed by atoms with Crippen molar-refractivity contribution in [2.24, 2.45) is 0 Å². The number of hydrogen-bond acceptors (Lipinski definition) is 5. The number of carbonyl (C=O) groups is 1. The lowest BCUT2D eigenvalue weighted by atomic mass is 10.1. The summed E-state index contributed by atoms with van der Waals surface area (Å²) in [5.74, 6) is 1.62. The van der Waals surface area contributed by atoms with Crippen molar-refractivity contribution < 1.29 is 9.53 Å². The molecule has 0 radical (unpaired) electrons. The van der Waals surface area contributed by atoms with Crippen LogP contribution in [0.25, 0.3) is 10.2 Å². The minimum Gasteiger partial charge on any atom is -0.497 e. The quantitative estimate of drug-likeness (QED) is 0.368. The van der Waals surface area contributed by atoms with Crippen LogP contribution in [0.15, 0.2) is 77.1 Å². The van der Waals surface area contributed by atoms with Crippen LogP contribution < -0.4 is 10.1 Å². The monoisotopic (exact) mass is 434 g/mol. The second kappa shape index (κ2) is 9.78. The maximum Gasteiger partial charge on any atom is 0.251 e. The summed E-state index contributed by atoms with van der Waals surface area (Å²) in [6, 6.07) is 23.9. The molecule has 0 saturated heterocycles. The van der Waals surface area contributed by atoms with Crippen molar-refractivity contribution in [2.45, 2.75) is 16.5 Å². The Balaban J connectivity index is 1.26. The molecule has 1 amide bonds. The smallest absolute Gasteiger partial charge is 0.251 e. The zero-order chi connectivity index (χ0) is 20.8. The molecule has 3 aromatic carbocycles. The summed E-state index contributed by atoms with van der Waals surface area (Å²) in [6.07, 6.45) is 0.784. The van der Waals surface area contributed by atoms with E-state index in [-0.39, 0.29) is 5.91 Å². The molecule has 0 bridgehead atoms. The third kappa shape index (κ3) is 5.20. The lowest BCUT2D eigenvalue weighted by Gasteiger charge is -2.07. The number of fused-ring (bicyclic) bond motifs is 1. The molecule has 1 heterocycles. The number of thiazole rings is 1. The first-order valence-electron chi connectivity index (χ1n) is 9.70. The largest absolute Gasteiger partial charge is 0.497 e. The van der Waals surface area contributed by atoms with E-state index in [1.807, 2.05) is 66.7 Å². The average molecular weight is 435 g/mol. The Labute approximate surface area is 184 Å². The Hall–Kier alpha value is -2.83. The van der Waals surface area contributed by atoms with Gasteiger partial charge in [0.05, 0.1) is 17.3 Å². The van der Waals surface area contributed by atoms with Crippen LogP contribution in [0, 0.1) is 0 Å². The van der Waals surface area contributed by atoms with Gasteiger partial charge < -0.3 is 10.1 Å². The van der Waals surface area contributed by atoms with Gasteiger partial charge in [0.1, 0.15) is 5.75 Å². The fourth-order valence-electron chi connectivity index (χ4n) is 3.02. The van der Waals surface area contributed by atoms with Gasteiger partial charge in [0.2, 0.25) is 0 Å². The van der Waals surface area contributed by atoms with Crippen molar-refractivity contribution in [2.75, 3.05) is 13.7 Å². The maximum atomic E-state index is 12.4. The highest BCUT2D eigenvalue weighted by atomic mass is 32.2. The van der Waals surface area contributed by atoms with Crippen molar-refractivity contribution in [3.63, 3.8) is 0 Å². The molecule has 0 aliphatic carbocycles. The van der Waals surface area contributed by atoms with E-state index < -0.39 is 0 Å². The lowest BCUT2D eigenvalue weighted by Crippen LogP contribution is -2.25. The third-order valence-electron chi connectivity index (χ3n) is 4.71. The molecule has 30 heavy (non-hydrogen) atoms. The highest BCUT2D eigenvalue weighted by Gasteiger charge is 2.07. The Morgan fingerprint density at radius 3 is 2.47 bits per heavy atom. The summed E-state index contributed by atoms with van der Waals surface area (Å²) in [5.41, 5.74) is 4.07. The second-order valence-corrected chi connectivity index (χ2v) is 9.04. The van der Waals surface area contributed by atoms with E-state index >= 15 is 0 Å². The van der Waals surface area contributed by atoms with Gasteiger partial charge in [-0.25, -0.2) is 4.98 Å². The first-order valence-corrected chi connectivity index (χ1v) is 11.5. The molecule has 0 aliphatic rings. The van der Waals surface area contributed by atoms with Gasteiger partial charge in [-0.1, -0.05) is 48.2 Å². The fourth-order valence-corrected chi connectivity index (χ4v) is 5.05. The first kappa shape index (κ1) is 20.4. The zero-order valence-corrected chi connectivity index (χ0v) is 18.3. The number of methoxy groups -OCH3 is 1. The van der Waals surface area contributed by atoms with Crippen LogP contribution in [0.3, 0.4) is 0 Å². The molecule has 1 N–H and O–H groups in total. The number of aromatic nitrogens is 1. The van der Waals surface area contributed by atoms with E-state index in [1.165, 1.54) is 15.8 Å². The first-order chi connectivity index (χ1) is 14.7. The van der Waals surface area contributed by atoms with E-state index in [0.717, 1.165) is 27.8 Å². The SMILES string of the molecule is COc1ccc(CCNC(=O)c2ccc(CSc3nc4ccccc4s3)cc2)cc1. The lowest BCUT2D eigenvalue weighted by molar-refractivity contribution is 0.0954. The van der Waals surface area contributed by atoms with Crippen LogP contribution in [-0.4, -0.2) is 24.5 Å².